The van der Waals surface area contributed by atoms with Crippen LogP contribution in [0.5, 0.6) is 0 Å². The van der Waals surface area contributed by atoms with Gasteiger partial charge in [0.15, 0.2) is 5.76 Å². The largest absolute Gasteiger partial charge is 0.451 e. The van der Waals surface area contributed by atoms with Crippen LogP contribution in [0, 0.1) is 32.6 Å². The molecule has 1 aliphatic heterocycles. The van der Waals surface area contributed by atoms with Gasteiger partial charge in [-0.3, -0.25) is 4.79 Å². The number of fused-ring (bicyclic) bond motifs is 1. The SMILES string of the molecule is Cc1ccc(NC(=O)c2oc3ccc(S(=O)(=O)N4C[C@@H](C)C[C@H](C)C4)cc3c2C)cc1C. The zero-order chi connectivity index (χ0) is 23.2. The molecule has 1 N–H and O–H groups in total. The fraction of sp³-hybridized carbons (Fsp3) is 0.400. The first-order valence-electron chi connectivity index (χ1n) is 11.0. The van der Waals surface area contributed by atoms with Crippen LogP contribution in [0.15, 0.2) is 45.7 Å². The van der Waals surface area contributed by atoms with Gasteiger partial charge in [0.2, 0.25) is 10.0 Å². The van der Waals surface area contributed by atoms with E-state index in [1.165, 1.54) is 0 Å². The van der Waals surface area contributed by atoms with E-state index in [4.69, 9.17) is 4.42 Å². The van der Waals surface area contributed by atoms with Crippen molar-refractivity contribution in [2.75, 3.05) is 18.4 Å². The Hall–Kier alpha value is -2.64. The molecule has 2 heterocycles. The number of hydrogen-bond donors (Lipinski definition) is 1. The number of aryl methyl sites for hydroxylation is 3. The lowest BCUT2D eigenvalue weighted by molar-refractivity contribution is 0.0998. The van der Waals surface area contributed by atoms with E-state index in [2.05, 4.69) is 19.2 Å². The number of carbonyl (C=O) groups is 1. The second-order valence-electron chi connectivity index (χ2n) is 9.24. The van der Waals surface area contributed by atoms with E-state index in [0.29, 0.717) is 47.1 Å². The summed E-state index contributed by atoms with van der Waals surface area (Å²) in [6.45, 7) is 11.0. The monoisotopic (exact) mass is 454 g/mol. The number of furan rings is 1. The first kappa shape index (κ1) is 22.6. The first-order valence-corrected chi connectivity index (χ1v) is 12.4. The summed E-state index contributed by atoms with van der Waals surface area (Å²) in [7, 11) is -3.61. The molecule has 4 rings (SSSR count). The Morgan fingerprint density at radius 3 is 2.34 bits per heavy atom. The summed E-state index contributed by atoms with van der Waals surface area (Å²) in [5.41, 5.74) is 4.04. The predicted octanol–water partition coefficient (Wildman–Crippen LogP) is 5.28. The lowest BCUT2D eigenvalue weighted by Gasteiger charge is -2.34. The Labute approximate surface area is 189 Å². The smallest absolute Gasteiger partial charge is 0.291 e. The van der Waals surface area contributed by atoms with Crippen LogP contribution >= 0.6 is 0 Å². The molecule has 0 radical (unpaired) electrons. The molecule has 3 aromatic rings. The van der Waals surface area contributed by atoms with Crippen LogP contribution in [-0.4, -0.2) is 31.7 Å². The maximum Gasteiger partial charge on any atom is 0.291 e. The van der Waals surface area contributed by atoms with Crippen LogP contribution in [0.1, 0.15) is 47.5 Å². The topological polar surface area (TPSA) is 79.6 Å². The van der Waals surface area contributed by atoms with Gasteiger partial charge < -0.3 is 9.73 Å². The van der Waals surface area contributed by atoms with Crippen molar-refractivity contribution in [2.45, 2.75) is 45.9 Å². The predicted molar refractivity (Wildman–Crippen MR) is 127 cm³/mol. The van der Waals surface area contributed by atoms with Crippen LogP contribution in [0.3, 0.4) is 0 Å². The second kappa shape index (κ2) is 8.37. The van der Waals surface area contributed by atoms with Gasteiger partial charge in [-0.25, -0.2) is 8.42 Å². The number of carbonyl (C=O) groups excluding carboxylic acids is 1. The lowest BCUT2D eigenvalue weighted by Crippen LogP contribution is -2.42. The van der Waals surface area contributed by atoms with Gasteiger partial charge in [-0.2, -0.15) is 4.31 Å². The summed E-state index contributed by atoms with van der Waals surface area (Å²) in [6.07, 6.45) is 1.03. The molecule has 1 aliphatic rings. The van der Waals surface area contributed by atoms with Crippen molar-refractivity contribution >= 4 is 32.6 Å². The molecule has 1 amide bonds. The molecule has 2 atom stereocenters. The van der Waals surface area contributed by atoms with Crippen molar-refractivity contribution in [3.63, 3.8) is 0 Å². The van der Waals surface area contributed by atoms with Crippen molar-refractivity contribution in [2.24, 2.45) is 11.8 Å². The third-order valence-electron chi connectivity index (χ3n) is 6.35. The number of rotatable bonds is 4. The van der Waals surface area contributed by atoms with Gasteiger partial charge in [0.05, 0.1) is 4.90 Å². The standard InChI is InChI=1S/C25H30N2O4S/c1-15-10-16(2)14-27(13-15)32(29,30)21-8-9-23-22(12-21)19(5)24(31-23)25(28)26-20-7-6-17(3)18(4)11-20/h6-9,11-12,15-16H,10,13-14H2,1-5H3,(H,26,28)/t15-,16-/m0/s1. The van der Waals surface area contributed by atoms with Gasteiger partial charge in [0.1, 0.15) is 5.58 Å². The molecule has 0 spiro atoms. The molecule has 1 fully saturated rings. The second-order valence-corrected chi connectivity index (χ2v) is 11.2. The Morgan fingerprint density at radius 2 is 1.69 bits per heavy atom. The molecule has 0 unspecified atom stereocenters. The number of nitrogens with one attached hydrogen (secondary N) is 1. The minimum Gasteiger partial charge on any atom is -0.451 e. The minimum atomic E-state index is -3.61. The number of anilines is 1. The van der Waals surface area contributed by atoms with Crippen molar-refractivity contribution < 1.29 is 17.6 Å². The molecule has 0 bridgehead atoms. The number of nitrogens with zero attached hydrogens (tertiary/aromatic N) is 1. The summed E-state index contributed by atoms with van der Waals surface area (Å²) in [5.74, 6) is 0.486. The Balaban J connectivity index is 1.65. The molecule has 32 heavy (non-hydrogen) atoms. The van der Waals surface area contributed by atoms with Crippen molar-refractivity contribution in [1.29, 1.82) is 0 Å². The maximum absolute atomic E-state index is 13.3. The number of hydrogen-bond acceptors (Lipinski definition) is 4. The highest BCUT2D eigenvalue weighted by Gasteiger charge is 2.32. The van der Waals surface area contributed by atoms with Crippen LogP contribution in [-0.2, 0) is 10.0 Å². The lowest BCUT2D eigenvalue weighted by atomic mass is 9.94. The number of amides is 1. The fourth-order valence-electron chi connectivity index (χ4n) is 4.54. The van der Waals surface area contributed by atoms with Crippen LogP contribution in [0.4, 0.5) is 5.69 Å². The van der Waals surface area contributed by atoms with Crippen LogP contribution in [0.25, 0.3) is 11.0 Å². The molecular formula is C25H30N2O4S. The van der Waals surface area contributed by atoms with Crippen LogP contribution in [0.2, 0.25) is 0 Å². The number of sulfonamides is 1. The van der Waals surface area contributed by atoms with Crippen LogP contribution < -0.4 is 5.32 Å². The Morgan fingerprint density at radius 1 is 1.00 bits per heavy atom. The highest BCUT2D eigenvalue weighted by atomic mass is 32.2. The highest BCUT2D eigenvalue weighted by Crippen LogP contribution is 2.31. The van der Waals surface area contributed by atoms with E-state index in [-0.39, 0.29) is 16.6 Å². The average Bonchev–Trinajstić information content (AvgIpc) is 3.06. The maximum atomic E-state index is 13.3. The summed E-state index contributed by atoms with van der Waals surface area (Å²) < 4.78 is 34.0. The van der Waals surface area contributed by atoms with Gasteiger partial charge in [-0.05, 0) is 80.5 Å². The quantitative estimate of drug-likeness (QED) is 0.582. The summed E-state index contributed by atoms with van der Waals surface area (Å²) in [6, 6.07) is 10.5. The van der Waals surface area contributed by atoms with Gasteiger partial charge >= 0.3 is 0 Å². The van der Waals surface area contributed by atoms with Gasteiger partial charge in [-0.15, -0.1) is 0 Å². The molecular weight excluding hydrogens is 424 g/mol. The molecule has 7 heteroatoms. The fourth-order valence-corrected chi connectivity index (χ4v) is 6.24. The molecule has 1 aromatic heterocycles. The Kier molecular flexibility index (Phi) is 5.90. The summed E-state index contributed by atoms with van der Waals surface area (Å²) in [4.78, 5) is 13.1. The zero-order valence-corrected chi connectivity index (χ0v) is 20.0. The summed E-state index contributed by atoms with van der Waals surface area (Å²) in [5, 5.41) is 3.51. The van der Waals surface area contributed by atoms with Crippen molar-refractivity contribution in [3.8, 4) is 0 Å². The van der Waals surface area contributed by atoms with Gasteiger partial charge in [-0.1, -0.05) is 19.9 Å². The van der Waals surface area contributed by atoms with E-state index in [9.17, 15) is 13.2 Å². The first-order chi connectivity index (χ1) is 15.1. The molecule has 170 valence electrons. The molecule has 0 aliphatic carbocycles. The molecule has 1 saturated heterocycles. The van der Waals surface area contributed by atoms with E-state index >= 15 is 0 Å². The average molecular weight is 455 g/mol. The summed E-state index contributed by atoms with van der Waals surface area (Å²) >= 11 is 0. The van der Waals surface area contributed by atoms with E-state index in [1.54, 1.807) is 29.4 Å². The number of piperidine rings is 1. The highest BCUT2D eigenvalue weighted by molar-refractivity contribution is 7.89. The van der Waals surface area contributed by atoms with Gasteiger partial charge in [0.25, 0.3) is 5.91 Å². The minimum absolute atomic E-state index is 0.188. The third-order valence-corrected chi connectivity index (χ3v) is 8.18. The van der Waals surface area contributed by atoms with Gasteiger partial charge in [0, 0.05) is 29.7 Å². The van der Waals surface area contributed by atoms with E-state index in [1.807, 2.05) is 32.0 Å². The van der Waals surface area contributed by atoms with E-state index in [0.717, 1.165) is 17.5 Å². The molecule has 0 saturated carbocycles. The molecule has 2 aromatic carbocycles. The number of benzene rings is 2. The van der Waals surface area contributed by atoms with Crippen molar-refractivity contribution in [1.82, 2.24) is 4.31 Å². The van der Waals surface area contributed by atoms with Crippen molar-refractivity contribution in [3.05, 3.63) is 58.8 Å². The molecule has 6 nitrogen and oxygen atoms in total. The Bertz CT molecular complexity index is 1280. The van der Waals surface area contributed by atoms with E-state index < -0.39 is 10.0 Å². The normalized spacial score (nSPS) is 19.9. The third kappa shape index (κ3) is 4.19. The zero-order valence-electron chi connectivity index (χ0n) is 19.2.